The van der Waals surface area contributed by atoms with Gasteiger partial charge in [-0.2, -0.15) is 0 Å². The minimum absolute atomic E-state index is 0.0501. The van der Waals surface area contributed by atoms with Gasteiger partial charge in [-0.05, 0) is 31.5 Å². The summed E-state index contributed by atoms with van der Waals surface area (Å²) in [5, 5.41) is 2.94. The largest absolute Gasteiger partial charge is 0.493 e. The van der Waals surface area contributed by atoms with E-state index in [9.17, 15) is 4.79 Å². The predicted octanol–water partition coefficient (Wildman–Crippen LogP) is 2.71. The Morgan fingerprint density at radius 3 is 2.58 bits per heavy atom. The molecule has 0 aromatic heterocycles. The summed E-state index contributed by atoms with van der Waals surface area (Å²) in [6.45, 7) is 4.05. The molecule has 0 radical (unpaired) electrons. The number of ether oxygens (including phenoxy) is 2. The third-order valence-corrected chi connectivity index (χ3v) is 3.74. The van der Waals surface area contributed by atoms with Crippen LogP contribution in [0.15, 0.2) is 23.1 Å². The Morgan fingerprint density at radius 2 is 2.00 bits per heavy atom. The van der Waals surface area contributed by atoms with Crippen LogP contribution in [0.5, 0.6) is 11.5 Å². The van der Waals surface area contributed by atoms with E-state index < -0.39 is 0 Å². The molecule has 0 aliphatic heterocycles. The summed E-state index contributed by atoms with van der Waals surface area (Å²) in [6.07, 6.45) is 0.937. The number of carbonyl (C=O) groups excluding carboxylic acids is 1. The molecule has 1 aromatic rings. The zero-order valence-electron chi connectivity index (χ0n) is 11.9. The highest BCUT2D eigenvalue weighted by atomic mass is 32.2. The van der Waals surface area contributed by atoms with Crippen molar-refractivity contribution in [2.24, 2.45) is 0 Å². The third-order valence-electron chi connectivity index (χ3n) is 2.74. The first-order valence-electron chi connectivity index (χ1n) is 6.24. The molecule has 0 unspecified atom stereocenters. The second-order valence-electron chi connectivity index (χ2n) is 4.18. The van der Waals surface area contributed by atoms with Crippen LogP contribution in [-0.4, -0.2) is 31.9 Å². The molecule has 4 nitrogen and oxygen atoms in total. The molecule has 0 saturated heterocycles. The monoisotopic (exact) mass is 283 g/mol. The fourth-order valence-corrected chi connectivity index (χ4v) is 2.21. The highest BCUT2D eigenvalue weighted by Gasteiger charge is 2.08. The molecule has 0 aliphatic carbocycles. The summed E-state index contributed by atoms with van der Waals surface area (Å²) < 4.78 is 10.4. The van der Waals surface area contributed by atoms with E-state index in [2.05, 4.69) is 5.32 Å². The quantitative estimate of drug-likeness (QED) is 0.782. The molecule has 106 valence electrons. The molecule has 1 atom stereocenters. The lowest BCUT2D eigenvalue weighted by atomic mass is 10.3. The Labute approximate surface area is 118 Å². The smallest absolute Gasteiger partial charge is 0.230 e. The van der Waals surface area contributed by atoms with Crippen LogP contribution in [0.1, 0.15) is 20.3 Å². The van der Waals surface area contributed by atoms with Crippen molar-refractivity contribution in [1.82, 2.24) is 5.32 Å². The molecule has 19 heavy (non-hydrogen) atoms. The first-order valence-corrected chi connectivity index (χ1v) is 7.23. The van der Waals surface area contributed by atoms with E-state index in [0.717, 1.165) is 11.3 Å². The van der Waals surface area contributed by atoms with E-state index in [-0.39, 0.29) is 11.9 Å². The van der Waals surface area contributed by atoms with Crippen LogP contribution < -0.4 is 14.8 Å². The van der Waals surface area contributed by atoms with Crippen molar-refractivity contribution in [2.75, 3.05) is 20.0 Å². The van der Waals surface area contributed by atoms with Crippen molar-refractivity contribution >= 4 is 17.7 Å². The predicted molar refractivity (Wildman–Crippen MR) is 78.2 cm³/mol. The van der Waals surface area contributed by atoms with Gasteiger partial charge >= 0.3 is 0 Å². The molecule has 0 saturated carbocycles. The zero-order valence-corrected chi connectivity index (χ0v) is 12.7. The van der Waals surface area contributed by atoms with Gasteiger partial charge in [-0.1, -0.05) is 6.92 Å². The average molecular weight is 283 g/mol. The van der Waals surface area contributed by atoms with Crippen molar-refractivity contribution in [3.05, 3.63) is 18.2 Å². The van der Waals surface area contributed by atoms with E-state index in [0.29, 0.717) is 17.3 Å². The number of thioether (sulfide) groups is 1. The Hall–Kier alpha value is -1.36. The van der Waals surface area contributed by atoms with Gasteiger partial charge in [-0.25, -0.2) is 0 Å². The van der Waals surface area contributed by atoms with Crippen LogP contribution in [0.4, 0.5) is 0 Å². The molecule has 0 fully saturated rings. The van der Waals surface area contributed by atoms with Crippen LogP contribution in [0, 0.1) is 0 Å². The van der Waals surface area contributed by atoms with Gasteiger partial charge in [0.15, 0.2) is 11.5 Å². The fourth-order valence-electron chi connectivity index (χ4n) is 1.47. The molecule has 1 aromatic carbocycles. The van der Waals surface area contributed by atoms with Gasteiger partial charge in [0.05, 0.1) is 20.0 Å². The maximum absolute atomic E-state index is 11.7. The van der Waals surface area contributed by atoms with Crippen LogP contribution in [0.2, 0.25) is 0 Å². The maximum Gasteiger partial charge on any atom is 0.230 e. The Morgan fingerprint density at radius 1 is 1.32 bits per heavy atom. The zero-order chi connectivity index (χ0) is 14.3. The Kier molecular flexibility index (Phi) is 6.56. The number of benzene rings is 1. The molecule has 5 heteroatoms. The van der Waals surface area contributed by atoms with Gasteiger partial charge in [-0.15, -0.1) is 11.8 Å². The van der Waals surface area contributed by atoms with Crippen LogP contribution in [0.25, 0.3) is 0 Å². The van der Waals surface area contributed by atoms with E-state index in [1.54, 1.807) is 14.2 Å². The van der Waals surface area contributed by atoms with Gasteiger partial charge in [0.25, 0.3) is 0 Å². The number of hydrogen-bond acceptors (Lipinski definition) is 4. The van der Waals surface area contributed by atoms with Crippen molar-refractivity contribution in [3.8, 4) is 11.5 Å². The molecule has 1 rings (SSSR count). The molecule has 1 N–H and O–H groups in total. The Balaban J connectivity index is 2.56. The van der Waals surface area contributed by atoms with Gasteiger partial charge in [0.2, 0.25) is 5.91 Å². The average Bonchev–Trinajstić information content (AvgIpc) is 2.44. The number of methoxy groups -OCH3 is 2. The fraction of sp³-hybridized carbons (Fsp3) is 0.500. The van der Waals surface area contributed by atoms with E-state index in [1.165, 1.54) is 11.8 Å². The number of amides is 1. The van der Waals surface area contributed by atoms with Gasteiger partial charge in [0.1, 0.15) is 0 Å². The number of rotatable bonds is 7. The first kappa shape index (κ1) is 15.7. The van der Waals surface area contributed by atoms with Crippen LogP contribution >= 0.6 is 11.8 Å². The van der Waals surface area contributed by atoms with Crippen LogP contribution in [-0.2, 0) is 4.79 Å². The summed E-state index contributed by atoms with van der Waals surface area (Å²) in [4.78, 5) is 12.7. The SMILES string of the molecule is CC[C@H](C)NC(=O)CSc1ccc(OC)c(OC)c1. The van der Waals surface area contributed by atoms with Gasteiger partial charge in [0, 0.05) is 10.9 Å². The Bertz CT molecular complexity index is 423. The number of nitrogens with one attached hydrogen (secondary N) is 1. The van der Waals surface area contributed by atoms with Crippen molar-refractivity contribution < 1.29 is 14.3 Å². The minimum atomic E-state index is 0.0501. The number of carbonyl (C=O) groups is 1. The molecular weight excluding hydrogens is 262 g/mol. The molecule has 0 bridgehead atoms. The van der Waals surface area contributed by atoms with Gasteiger partial charge in [-0.3, -0.25) is 4.79 Å². The third kappa shape index (κ3) is 5.03. The first-order chi connectivity index (χ1) is 9.10. The van der Waals surface area contributed by atoms with E-state index in [1.807, 2.05) is 32.0 Å². The molecule has 0 aliphatic rings. The lowest BCUT2D eigenvalue weighted by Crippen LogP contribution is -2.33. The highest BCUT2D eigenvalue weighted by Crippen LogP contribution is 2.31. The molecule has 1 amide bonds. The standard InChI is InChI=1S/C14H21NO3S/c1-5-10(2)15-14(16)9-19-11-6-7-12(17-3)13(8-11)18-4/h6-8,10H,5,9H2,1-4H3,(H,15,16)/t10-/m0/s1. The lowest BCUT2D eigenvalue weighted by Gasteiger charge is -2.12. The summed E-state index contributed by atoms with van der Waals surface area (Å²) in [7, 11) is 3.20. The summed E-state index contributed by atoms with van der Waals surface area (Å²) in [5.74, 6) is 1.82. The van der Waals surface area contributed by atoms with Crippen molar-refractivity contribution in [3.63, 3.8) is 0 Å². The lowest BCUT2D eigenvalue weighted by molar-refractivity contribution is -0.119. The number of hydrogen-bond donors (Lipinski definition) is 1. The second kappa shape index (κ2) is 7.94. The molecule has 0 spiro atoms. The van der Waals surface area contributed by atoms with Crippen molar-refractivity contribution in [1.29, 1.82) is 0 Å². The summed E-state index contributed by atoms with van der Waals surface area (Å²) in [6, 6.07) is 5.86. The van der Waals surface area contributed by atoms with E-state index >= 15 is 0 Å². The normalized spacial score (nSPS) is 11.8. The molecule has 0 heterocycles. The summed E-state index contributed by atoms with van der Waals surface area (Å²) in [5.41, 5.74) is 0. The van der Waals surface area contributed by atoms with E-state index in [4.69, 9.17) is 9.47 Å². The molecular formula is C14H21NO3S. The highest BCUT2D eigenvalue weighted by molar-refractivity contribution is 8.00. The topological polar surface area (TPSA) is 47.6 Å². The maximum atomic E-state index is 11.7. The summed E-state index contributed by atoms with van der Waals surface area (Å²) >= 11 is 1.48. The second-order valence-corrected chi connectivity index (χ2v) is 5.23. The van der Waals surface area contributed by atoms with Crippen LogP contribution in [0.3, 0.4) is 0 Å². The minimum Gasteiger partial charge on any atom is -0.493 e. The van der Waals surface area contributed by atoms with Gasteiger partial charge < -0.3 is 14.8 Å². The van der Waals surface area contributed by atoms with Crippen molar-refractivity contribution in [2.45, 2.75) is 31.2 Å².